The molecule has 0 bridgehead atoms. The number of thiophene rings is 1. The van der Waals surface area contributed by atoms with Gasteiger partial charge in [-0.2, -0.15) is 5.26 Å². The molecule has 30 heavy (non-hydrogen) atoms. The van der Waals surface area contributed by atoms with Crippen molar-refractivity contribution in [1.82, 2.24) is 0 Å². The van der Waals surface area contributed by atoms with E-state index in [-0.39, 0.29) is 11.3 Å². The molecule has 1 atom stereocenters. The van der Waals surface area contributed by atoms with Crippen LogP contribution in [-0.2, 0) is 17.6 Å². The summed E-state index contributed by atoms with van der Waals surface area (Å²) in [7, 11) is 1.51. The van der Waals surface area contributed by atoms with Gasteiger partial charge in [-0.1, -0.05) is 44.0 Å². The van der Waals surface area contributed by atoms with Gasteiger partial charge in [0.25, 0.3) is 0 Å². The number of carbonyl (C=O) groups is 1. The number of nitriles is 1. The third-order valence-corrected chi connectivity index (χ3v) is 7.16. The summed E-state index contributed by atoms with van der Waals surface area (Å²) in [5.74, 6) is 0.692. The molecule has 1 amide bonds. The third kappa shape index (κ3) is 4.83. The minimum Gasteiger partial charge on any atom is -0.495 e. The van der Waals surface area contributed by atoms with Crippen LogP contribution in [0.1, 0.15) is 48.8 Å². The van der Waals surface area contributed by atoms with E-state index >= 15 is 0 Å². The SMILES string of the molecule is COc1c(Cl)cc(Cl)cc1/C=C/C(=O)Nc1sc2c(c1C#N)CC[C@H](C(C)(C)C)C2. The molecule has 0 saturated heterocycles. The van der Waals surface area contributed by atoms with Crippen LogP contribution in [0.5, 0.6) is 5.75 Å². The molecule has 1 aromatic carbocycles. The van der Waals surface area contributed by atoms with Crippen LogP contribution in [-0.4, -0.2) is 13.0 Å². The summed E-state index contributed by atoms with van der Waals surface area (Å²) < 4.78 is 5.30. The maximum atomic E-state index is 12.6. The van der Waals surface area contributed by atoms with Crippen LogP contribution in [0.4, 0.5) is 5.00 Å². The van der Waals surface area contributed by atoms with Crippen molar-refractivity contribution in [2.24, 2.45) is 11.3 Å². The number of anilines is 1. The van der Waals surface area contributed by atoms with Crippen molar-refractivity contribution in [1.29, 1.82) is 5.26 Å². The largest absolute Gasteiger partial charge is 0.495 e. The maximum absolute atomic E-state index is 12.6. The number of halogens is 2. The lowest BCUT2D eigenvalue weighted by molar-refractivity contribution is -0.111. The lowest BCUT2D eigenvalue weighted by atomic mass is 9.72. The fourth-order valence-corrected chi connectivity index (χ4v) is 5.64. The van der Waals surface area contributed by atoms with Crippen LogP contribution in [0.3, 0.4) is 0 Å². The molecule has 3 rings (SSSR count). The lowest BCUT2D eigenvalue weighted by Crippen LogP contribution is -2.26. The van der Waals surface area contributed by atoms with Crippen molar-refractivity contribution in [3.63, 3.8) is 0 Å². The fraction of sp³-hybridized carbons (Fsp3) is 0.391. The van der Waals surface area contributed by atoms with Gasteiger partial charge in [0.1, 0.15) is 16.8 Å². The fourth-order valence-electron chi connectivity index (χ4n) is 3.77. The molecule has 7 heteroatoms. The van der Waals surface area contributed by atoms with Crippen molar-refractivity contribution in [3.05, 3.63) is 49.8 Å². The maximum Gasteiger partial charge on any atom is 0.249 e. The highest BCUT2D eigenvalue weighted by Gasteiger charge is 2.32. The van der Waals surface area contributed by atoms with E-state index in [9.17, 15) is 10.1 Å². The summed E-state index contributed by atoms with van der Waals surface area (Å²) in [5.41, 5.74) is 2.50. The lowest BCUT2D eigenvalue weighted by Gasteiger charge is -2.33. The monoisotopic (exact) mass is 462 g/mol. The Kier molecular flexibility index (Phi) is 6.81. The molecule has 0 aliphatic heterocycles. The van der Waals surface area contributed by atoms with E-state index < -0.39 is 0 Å². The number of hydrogen-bond acceptors (Lipinski definition) is 4. The summed E-state index contributed by atoms with van der Waals surface area (Å²) >= 11 is 13.7. The highest BCUT2D eigenvalue weighted by molar-refractivity contribution is 7.16. The van der Waals surface area contributed by atoms with Gasteiger partial charge >= 0.3 is 0 Å². The third-order valence-electron chi connectivity index (χ3n) is 5.49. The van der Waals surface area contributed by atoms with E-state index in [1.54, 1.807) is 18.2 Å². The van der Waals surface area contributed by atoms with Gasteiger partial charge < -0.3 is 10.1 Å². The molecule has 1 N–H and O–H groups in total. The summed E-state index contributed by atoms with van der Waals surface area (Å²) in [6.45, 7) is 6.77. The van der Waals surface area contributed by atoms with Crippen molar-refractivity contribution in [2.45, 2.75) is 40.0 Å². The Labute approximate surface area is 191 Å². The first-order chi connectivity index (χ1) is 14.1. The van der Waals surface area contributed by atoms with Gasteiger partial charge in [-0.25, -0.2) is 0 Å². The Hall–Kier alpha value is -2.00. The predicted molar refractivity (Wildman–Crippen MR) is 125 cm³/mol. The number of benzene rings is 1. The number of amides is 1. The number of carbonyl (C=O) groups excluding carboxylic acids is 1. The highest BCUT2D eigenvalue weighted by Crippen LogP contribution is 2.44. The minimum atomic E-state index is -0.324. The summed E-state index contributed by atoms with van der Waals surface area (Å²) in [6.07, 6.45) is 5.87. The highest BCUT2D eigenvalue weighted by atomic mass is 35.5. The quantitative estimate of drug-likeness (QED) is 0.511. The first-order valence-electron chi connectivity index (χ1n) is 9.70. The molecule has 0 spiro atoms. The molecular formula is C23H24Cl2N2O2S. The Morgan fingerprint density at radius 2 is 2.10 bits per heavy atom. The average Bonchev–Trinajstić information content (AvgIpc) is 3.01. The molecule has 1 aliphatic carbocycles. The van der Waals surface area contributed by atoms with E-state index in [1.807, 2.05) is 0 Å². The summed E-state index contributed by atoms with van der Waals surface area (Å²) in [5, 5.41) is 14.0. The molecule has 1 aliphatic rings. The molecule has 2 aromatic rings. The van der Waals surface area contributed by atoms with Crippen molar-refractivity contribution in [3.8, 4) is 11.8 Å². The van der Waals surface area contributed by atoms with E-state index in [4.69, 9.17) is 27.9 Å². The molecule has 0 saturated carbocycles. The standard InChI is InChI=1S/C23H24Cl2N2O2S/c1-23(2,3)14-6-7-16-17(12-26)22(30-19(16)10-14)27-20(28)8-5-13-9-15(24)11-18(25)21(13)29-4/h5,8-9,11,14H,6-7,10H2,1-4H3,(H,27,28)/b8-5+/t14-/m0/s1. The Morgan fingerprint density at radius 3 is 2.73 bits per heavy atom. The number of nitrogens with one attached hydrogen (secondary N) is 1. The minimum absolute atomic E-state index is 0.220. The van der Waals surface area contributed by atoms with Gasteiger partial charge in [0.15, 0.2) is 0 Å². The molecule has 0 radical (unpaired) electrons. The van der Waals surface area contributed by atoms with Gasteiger partial charge in [0.05, 0.1) is 17.7 Å². The second-order valence-corrected chi connectivity index (χ2v) is 10.4. The Bertz CT molecular complexity index is 1040. The van der Waals surface area contributed by atoms with Gasteiger partial charge in [0.2, 0.25) is 5.91 Å². The smallest absolute Gasteiger partial charge is 0.249 e. The van der Waals surface area contributed by atoms with Crippen LogP contribution in [0.2, 0.25) is 10.0 Å². The van der Waals surface area contributed by atoms with Crippen LogP contribution in [0.25, 0.3) is 6.08 Å². The molecular weight excluding hydrogens is 439 g/mol. The summed E-state index contributed by atoms with van der Waals surface area (Å²) in [6, 6.07) is 5.54. The number of ether oxygens (including phenoxy) is 1. The Balaban J connectivity index is 1.81. The summed E-state index contributed by atoms with van der Waals surface area (Å²) in [4.78, 5) is 13.8. The second-order valence-electron chi connectivity index (χ2n) is 8.46. The van der Waals surface area contributed by atoms with Gasteiger partial charge in [0, 0.05) is 21.5 Å². The molecule has 158 valence electrons. The normalized spacial score (nSPS) is 16.2. The molecule has 0 unspecified atom stereocenters. The molecule has 4 nitrogen and oxygen atoms in total. The predicted octanol–water partition coefficient (Wildman–Crippen LogP) is 6.74. The first-order valence-corrected chi connectivity index (χ1v) is 11.3. The van der Waals surface area contributed by atoms with Gasteiger partial charge in [-0.05, 0) is 54.4 Å². The average molecular weight is 463 g/mol. The van der Waals surface area contributed by atoms with Crippen molar-refractivity contribution >= 4 is 51.5 Å². The Morgan fingerprint density at radius 1 is 1.37 bits per heavy atom. The number of fused-ring (bicyclic) bond motifs is 1. The van der Waals surface area contributed by atoms with E-state index in [1.165, 1.54) is 29.4 Å². The van der Waals surface area contributed by atoms with Crippen LogP contribution in [0.15, 0.2) is 18.2 Å². The zero-order chi connectivity index (χ0) is 22.1. The number of nitrogens with zero attached hydrogens (tertiary/aromatic N) is 1. The van der Waals surface area contributed by atoms with E-state index in [0.29, 0.717) is 37.8 Å². The van der Waals surface area contributed by atoms with Gasteiger partial charge in [-0.3, -0.25) is 4.79 Å². The van der Waals surface area contributed by atoms with Crippen LogP contribution < -0.4 is 10.1 Å². The van der Waals surface area contributed by atoms with Crippen LogP contribution >= 0.6 is 34.5 Å². The van der Waals surface area contributed by atoms with Crippen LogP contribution in [0, 0.1) is 22.7 Å². The first kappa shape index (κ1) is 22.7. The van der Waals surface area contributed by atoms with Crippen molar-refractivity contribution < 1.29 is 9.53 Å². The topological polar surface area (TPSA) is 62.1 Å². The zero-order valence-corrected chi connectivity index (χ0v) is 19.8. The molecule has 1 heterocycles. The van der Waals surface area contributed by atoms with Gasteiger partial charge in [-0.15, -0.1) is 11.3 Å². The van der Waals surface area contributed by atoms with E-state index in [0.717, 1.165) is 24.8 Å². The van der Waals surface area contributed by atoms with Crippen molar-refractivity contribution in [2.75, 3.05) is 12.4 Å². The molecule has 1 aromatic heterocycles. The zero-order valence-electron chi connectivity index (χ0n) is 17.4. The number of hydrogen-bond donors (Lipinski definition) is 1. The number of methoxy groups -OCH3 is 1. The van der Waals surface area contributed by atoms with E-state index in [2.05, 4.69) is 32.2 Å². The second kappa shape index (κ2) is 9.01. The number of rotatable bonds is 4. The molecule has 0 fully saturated rings.